The van der Waals surface area contributed by atoms with Crippen molar-refractivity contribution in [3.63, 3.8) is 0 Å². The number of carboxylic acid groups (broad SMARTS) is 1. The summed E-state index contributed by atoms with van der Waals surface area (Å²) in [7, 11) is 3.62. The van der Waals surface area contributed by atoms with Gasteiger partial charge in [0.25, 0.3) is 0 Å². The van der Waals surface area contributed by atoms with Crippen molar-refractivity contribution < 1.29 is 15.0 Å². The van der Waals surface area contributed by atoms with Gasteiger partial charge in [-0.15, -0.1) is 0 Å². The van der Waals surface area contributed by atoms with Gasteiger partial charge in [0.2, 0.25) is 0 Å². The highest BCUT2D eigenvalue weighted by Gasteiger charge is 2.25. The van der Waals surface area contributed by atoms with Gasteiger partial charge in [-0.05, 0) is 0 Å². The second-order valence-corrected chi connectivity index (χ2v) is 4.29. The van der Waals surface area contributed by atoms with Gasteiger partial charge in [-0.1, -0.05) is 11.3 Å². The van der Waals surface area contributed by atoms with Crippen LogP contribution in [0.2, 0.25) is 0 Å². The first-order valence-electron chi connectivity index (χ1n) is 4.23. The molecule has 84 valence electrons. The molecule has 0 saturated heterocycles. The maximum atomic E-state index is 10.5. The molecule has 1 heterocycles. The topological polar surface area (TPSA) is 99.7 Å². The number of aromatic nitrogens is 1. The summed E-state index contributed by atoms with van der Waals surface area (Å²) in [5.74, 6) is -1.23. The average Bonchev–Trinajstić information content (AvgIpc) is 2.64. The van der Waals surface area contributed by atoms with Crippen LogP contribution >= 0.6 is 11.3 Å². The summed E-state index contributed by atoms with van der Waals surface area (Å²) in [6, 6.07) is -1.32. The van der Waals surface area contributed by atoms with Crippen molar-refractivity contribution in [1.82, 2.24) is 4.98 Å². The standard InChI is InChI=1S/C8H13N3O3S/c1-11(2)8-10-3-4(15-8)6(12)5(9)7(13)14/h3,5-6,12H,9H2,1-2H3,(H,13,14). The Morgan fingerprint density at radius 3 is 2.67 bits per heavy atom. The third-order valence-corrected chi connectivity index (χ3v) is 3.05. The molecular formula is C8H13N3O3S. The van der Waals surface area contributed by atoms with Crippen LogP contribution in [0.5, 0.6) is 0 Å². The molecule has 0 radical (unpaired) electrons. The zero-order valence-electron chi connectivity index (χ0n) is 8.41. The van der Waals surface area contributed by atoms with E-state index in [0.29, 0.717) is 10.0 Å². The van der Waals surface area contributed by atoms with Gasteiger partial charge in [-0.2, -0.15) is 0 Å². The molecule has 0 saturated carbocycles. The van der Waals surface area contributed by atoms with Crippen molar-refractivity contribution >= 4 is 22.4 Å². The quantitative estimate of drug-likeness (QED) is 0.655. The monoisotopic (exact) mass is 231 g/mol. The lowest BCUT2D eigenvalue weighted by molar-refractivity contribution is -0.141. The fraction of sp³-hybridized carbons (Fsp3) is 0.500. The second kappa shape index (κ2) is 4.56. The summed E-state index contributed by atoms with van der Waals surface area (Å²) in [5.41, 5.74) is 5.29. The molecule has 1 aromatic heterocycles. The smallest absolute Gasteiger partial charge is 0.323 e. The Bertz CT molecular complexity index is 353. The number of rotatable bonds is 4. The minimum Gasteiger partial charge on any atom is -0.480 e. The first-order valence-corrected chi connectivity index (χ1v) is 5.04. The van der Waals surface area contributed by atoms with E-state index >= 15 is 0 Å². The number of aliphatic hydroxyl groups is 1. The molecule has 0 aliphatic carbocycles. The lowest BCUT2D eigenvalue weighted by Gasteiger charge is -2.12. The molecule has 0 spiro atoms. The number of hydrogen-bond acceptors (Lipinski definition) is 6. The second-order valence-electron chi connectivity index (χ2n) is 3.25. The van der Waals surface area contributed by atoms with Gasteiger partial charge in [0.05, 0.1) is 4.88 Å². The fourth-order valence-corrected chi connectivity index (χ4v) is 1.80. The van der Waals surface area contributed by atoms with E-state index < -0.39 is 18.1 Å². The van der Waals surface area contributed by atoms with Crippen LogP contribution in [-0.2, 0) is 4.79 Å². The number of carboxylic acids is 1. The van der Waals surface area contributed by atoms with Gasteiger partial charge in [0.1, 0.15) is 12.1 Å². The Labute approximate surface area is 91.0 Å². The van der Waals surface area contributed by atoms with Crippen molar-refractivity contribution in [3.8, 4) is 0 Å². The Morgan fingerprint density at radius 2 is 2.27 bits per heavy atom. The molecule has 0 aliphatic rings. The van der Waals surface area contributed by atoms with Crippen LogP contribution in [0.4, 0.5) is 5.13 Å². The summed E-state index contributed by atoms with van der Waals surface area (Å²) < 4.78 is 0. The Balaban J connectivity index is 2.82. The van der Waals surface area contributed by atoms with Gasteiger partial charge >= 0.3 is 5.97 Å². The molecule has 0 fully saturated rings. The molecule has 7 heteroatoms. The lowest BCUT2D eigenvalue weighted by atomic mass is 10.1. The molecule has 2 unspecified atom stereocenters. The Morgan fingerprint density at radius 1 is 1.67 bits per heavy atom. The summed E-state index contributed by atoms with van der Waals surface area (Å²) in [6.07, 6.45) is 0.224. The van der Waals surface area contributed by atoms with E-state index in [9.17, 15) is 9.90 Å². The predicted molar refractivity (Wildman–Crippen MR) is 57.0 cm³/mol. The maximum absolute atomic E-state index is 10.5. The number of hydrogen-bond donors (Lipinski definition) is 3. The molecular weight excluding hydrogens is 218 g/mol. The average molecular weight is 231 g/mol. The summed E-state index contributed by atoms with van der Waals surface area (Å²) in [5, 5.41) is 18.9. The third kappa shape index (κ3) is 2.65. The third-order valence-electron chi connectivity index (χ3n) is 1.81. The van der Waals surface area contributed by atoms with E-state index in [-0.39, 0.29) is 0 Å². The summed E-state index contributed by atoms with van der Waals surface area (Å²) in [6.45, 7) is 0. The number of carbonyl (C=O) groups is 1. The van der Waals surface area contributed by atoms with Crippen LogP contribution in [-0.4, -0.2) is 41.3 Å². The van der Waals surface area contributed by atoms with E-state index in [1.165, 1.54) is 17.5 Å². The van der Waals surface area contributed by atoms with Gasteiger partial charge < -0.3 is 20.8 Å². The first-order chi connectivity index (χ1) is 6.93. The van der Waals surface area contributed by atoms with Crippen LogP contribution in [0.15, 0.2) is 6.20 Å². The molecule has 6 nitrogen and oxygen atoms in total. The normalized spacial score (nSPS) is 14.7. The van der Waals surface area contributed by atoms with Gasteiger partial charge in [0.15, 0.2) is 5.13 Å². The largest absolute Gasteiger partial charge is 0.480 e. The van der Waals surface area contributed by atoms with Gasteiger partial charge in [0, 0.05) is 20.3 Å². The number of aliphatic hydroxyl groups excluding tert-OH is 1. The fourth-order valence-electron chi connectivity index (χ4n) is 0.932. The zero-order valence-corrected chi connectivity index (χ0v) is 9.23. The lowest BCUT2D eigenvalue weighted by Crippen LogP contribution is -2.36. The van der Waals surface area contributed by atoms with Crippen molar-refractivity contribution in [2.75, 3.05) is 19.0 Å². The first kappa shape index (κ1) is 11.9. The molecule has 0 amide bonds. The summed E-state index contributed by atoms with van der Waals surface area (Å²) >= 11 is 1.22. The molecule has 1 aromatic rings. The van der Waals surface area contributed by atoms with Crippen molar-refractivity contribution in [3.05, 3.63) is 11.1 Å². The van der Waals surface area contributed by atoms with Gasteiger partial charge in [-0.3, -0.25) is 4.79 Å². The minimum atomic E-state index is -1.32. The van der Waals surface area contributed by atoms with Crippen LogP contribution in [0.3, 0.4) is 0 Å². The SMILES string of the molecule is CN(C)c1ncc(C(O)C(N)C(=O)O)s1. The highest BCUT2D eigenvalue weighted by atomic mass is 32.1. The van der Waals surface area contributed by atoms with E-state index in [2.05, 4.69) is 4.98 Å². The van der Waals surface area contributed by atoms with Crippen LogP contribution in [0, 0.1) is 0 Å². The molecule has 0 aromatic carbocycles. The summed E-state index contributed by atoms with van der Waals surface area (Å²) in [4.78, 5) is 16.8. The number of nitrogens with zero attached hydrogens (tertiary/aromatic N) is 2. The maximum Gasteiger partial charge on any atom is 0.323 e. The zero-order chi connectivity index (χ0) is 11.6. The van der Waals surface area contributed by atoms with Crippen LogP contribution in [0.25, 0.3) is 0 Å². The van der Waals surface area contributed by atoms with Crippen molar-refractivity contribution in [2.24, 2.45) is 5.73 Å². The molecule has 0 bridgehead atoms. The molecule has 15 heavy (non-hydrogen) atoms. The van der Waals surface area contributed by atoms with E-state index in [4.69, 9.17) is 10.8 Å². The van der Waals surface area contributed by atoms with Crippen LogP contribution in [0.1, 0.15) is 11.0 Å². The number of anilines is 1. The van der Waals surface area contributed by atoms with Gasteiger partial charge in [-0.25, -0.2) is 4.98 Å². The van der Waals surface area contributed by atoms with Crippen molar-refractivity contribution in [1.29, 1.82) is 0 Å². The van der Waals surface area contributed by atoms with E-state index in [1.54, 1.807) is 4.90 Å². The van der Waals surface area contributed by atoms with Crippen molar-refractivity contribution in [2.45, 2.75) is 12.1 Å². The number of nitrogens with two attached hydrogens (primary N) is 1. The Hall–Kier alpha value is -1.18. The highest BCUT2D eigenvalue weighted by Crippen LogP contribution is 2.27. The van der Waals surface area contributed by atoms with E-state index in [1.807, 2.05) is 14.1 Å². The number of thiazole rings is 1. The predicted octanol–water partition coefficient (Wildman–Crippen LogP) is -0.346. The van der Waals surface area contributed by atoms with E-state index in [0.717, 1.165) is 0 Å². The minimum absolute atomic E-state index is 0.452. The highest BCUT2D eigenvalue weighted by molar-refractivity contribution is 7.15. The number of aliphatic carboxylic acids is 1. The molecule has 0 aliphatic heterocycles. The van der Waals surface area contributed by atoms with Crippen LogP contribution < -0.4 is 10.6 Å². The Kier molecular flexibility index (Phi) is 3.61. The molecule has 2 atom stereocenters. The molecule has 1 rings (SSSR count). The molecule has 4 N–H and O–H groups in total.